The van der Waals surface area contributed by atoms with Crippen LogP contribution in [0.5, 0.6) is 0 Å². The van der Waals surface area contributed by atoms with Crippen LogP contribution in [0.2, 0.25) is 0 Å². The highest BCUT2D eigenvalue weighted by molar-refractivity contribution is 5.40. The molecule has 2 N–H and O–H groups in total. The Balaban J connectivity index is 2.33. The summed E-state index contributed by atoms with van der Waals surface area (Å²) in [6.07, 6.45) is 1.01. The predicted octanol–water partition coefficient (Wildman–Crippen LogP) is 0.359. The van der Waals surface area contributed by atoms with Gasteiger partial charge in [0.2, 0.25) is 0 Å². The molecular weight excluding hydrogens is 164 g/mol. The molecule has 0 unspecified atom stereocenters. The van der Waals surface area contributed by atoms with Crippen LogP contribution in [0.3, 0.4) is 0 Å². The summed E-state index contributed by atoms with van der Waals surface area (Å²) in [5.74, 6) is 1.19. The maximum absolute atomic E-state index is 5.92. The van der Waals surface area contributed by atoms with E-state index >= 15 is 0 Å². The average Bonchev–Trinajstić information content (AvgIpc) is 2.38. The van der Waals surface area contributed by atoms with E-state index < -0.39 is 0 Å². The molecule has 4 heteroatoms. The van der Waals surface area contributed by atoms with E-state index in [1.807, 2.05) is 11.6 Å². The second kappa shape index (κ2) is 3.03. The summed E-state index contributed by atoms with van der Waals surface area (Å²) in [4.78, 5) is 2.18. The van der Waals surface area contributed by atoms with Crippen molar-refractivity contribution in [1.82, 2.24) is 9.78 Å². The Morgan fingerprint density at radius 2 is 2.38 bits per heavy atom. The topological polar surface area (TPSA) is 47.1 Å². The lowest BCUT2D eigenvalue weighted by Gasteiger charge is -2.18. The minimum atomic E-state index is 0.270. The molecule has 0 fully saturated rings. The summed E-state index contributed by atoms with van der Waals surface area (Å²) >= 11 is 0. The predicted molar refractivity (Wildman–Crippen MR) is 52.8 cm³/mol. The van der Waals surface area contributed by atoms with Crippen LogP contribution in [0.25, 0.3) is 0 Å². The average molecular weight is 180 g/mol. The van der Waals surface area contributed by atoms with Crippen molar-refractivity contribution in [3.63, 3.8) is 0 Å². The van der Waals surface area contributed by atoms with Gasteiger partial charge in [-0.2, -0.15) is 5.10 Å². The van der Waals surface area contributed by atoms with Crippen LogP contribution in [0.1, 0.15) is 12.1 Å². The first-order valence-corrected chi connectivity index (χ1v) is 4.68. The number of aromatic nitrogens is 2. The number of nitrogens with zero attached hydrogens (tertiary/aromatic N) is 3. The van der Waals surface area contributed by atoms with Gasteiger partial charge in [-0.05, 0) is 13.3 Å². The highest BCUT2D eigenvalue weighted by Gasteiger charge is 2.17. The van der Waals surface area contributed by atoms with Gasteiger partial charge < -0.3 is 10.6 Å². The van der Waals surface area contributed by atoms with Crippen LogP contribution in [-0.2, 0) is 6.54 Å². The zero-order valence-corrected chi connectivity index (χ0v) is 8.20. The number of rotatable bonds is 0. The Morgan fingerprint density at radius 3 is 3.15 bits per heavy atom. The molecule has 0 saturated carbocycles. The fraction of sp³-hybridized carbons (Fsp3) is 0.667. The molecule has 1 aromatic heterocycles. The van der Waals surface area contributed by atoms with Gasteiger partial charge in [-0.1, -0.05) is 0 Å². The number of likely N-dealkylation sites (N-methyl/N-ethyl adjacent to an activating group) is 1. The highest BCUT2D eigenvalue weighted by atomic mass is 15.4. The summed E-state index contributed by atoms with van der Waals surface area (Å²) in [6, 6.07) is 2.38. The molecule has 0 bridgehead atoms. The van der Waals surface area contributed by atoms with Gasteiger partial charge >= 0.3 is 0 Å². The van der Waals surface area contributed by atoms with Crippen molar-refractivity contribution in [3.8, 4) is 0 Å². The molecule has 0 aromatic carbocycles. The second-order valence-corrected chi connectivity index (χ2v) is 3.80. The lowest BCUT2D eigenvalue weighted by Crippen LogP contribution is -2.33. The maximum atomic E-state index is 5.92. The number of nitrogens with two attached hydrogens (primary N) is 1. The largest absolute Gasteiger partial charge is 0.358 e. The lowest BCUT2D eigenvalue weighted by molar-refractivity contribution is 0.543. The molecular formula is C9H16N4. The first-order chi connectivity index (χ1) is 6.16. The van der Waals surface area contributed by atoms with Crippen molar-refractivity contribution in [3.05, 3.63) is 11.8 Å². The Labute approximate surface area is 78.3 Å². The maximum Gasteiger partial charge on any atom is 0.126 e. The molecule has 1 aliphatic rings. The van der Waals surface area contributed by atoms with Crippen molar-refractivity contribution in [2.24, 2.45) is 5.73 Å². The SMILES string of the molecule is Cc1cc2n(n1)CC[C@@H](N)CN2C. The van der Waals surface area contributed by atoms with Crippen molar-refractivity contribution >= 4 is 5.82 Å². The molecule has 1 aromatic rings. The zero-order valence-electron chi connectivity index (χ0n) is 8.20. The summed E-state index contributed by atoms with van der Waals surface area (Å²) in [6.45, 7) is 3.88. The molecule has 0 radical (unpaired) electrons. The summed E-state index contributed by atoms with van der Waals surface area (Å²) in [7, 11) is 2.07. The normalized spacial score (nSPS) is 22.7. The van der Waals surface area contributed by atoms with E-state index in [9.17, 15) is 0 Å². The molecule has 1 aliphatic heterocycles. The molecule has 0 saturated heterocycles. The van der Waals surface area contributed by atoms with E-state index in [2.05, 4.69) is 23.1 Å². The molecule has 2 rings (SSSR count). The van der Waals surface area contributed by atoms with Crippen LogP contribution in [0.4, 0.5) is 5.82 Å². The zero-order chi connectivity index (χ0) is 9.42. The van der Waals surface area contributed by atoms with Crippen LogP contribution in [-0.4, -0.2) is 29.4 Å². The number of hydrogen-bond donors (Lipinski definition) is 1. The number of fused-ring (bicyclic) bond motifs is 1. The summed E-state index contributed by atoms with van der Waals surface area (Å²) in [5, 5.41) is 4.42. The number of hydrogen-bond acceptors (Lipinski definition) is 3. The summed E-state index contributed by atoms with van der Waals surface area (Å²) in [5.41, 5.74) is 7.00. The fourth-order valence-corrected chi connectivity index (χ4v) is 1.83. The van der Waals surface area contributed by atoms with E-state index in [0.717, 1.165) is 25.2 Å². The number of anilines is 1. The van der Waals surface area contributed by atoms with E-state index in [0.29, 0.717) is 0 Å². The van der Waals surface area contributed by atoms with Gasteiger partial charge in [0.25, 0.3) is 0 Å². The van der Waals surface area contributed by atoms with Crippen LogP contribution in [0, 0.1) is 6.92 Å². The monoisotopic (exact) mass is 180 g/mol. The van der Waals surface area contributed by atoms with Gasteiger partial charge in [-0.3, -0.25) is 0 Å². The van der Waals surface area contributed by atoms with E-state index in [4.69, 9.17) is 5.73 Å². The molecule has 4 nitrogen and oxygen atoms in total. The molecule has 0 spiro atoms. The molecule has 72 valence electrons. The second-order valence-electron chi connectivity index (χ2n) is 3.80. The third-order valence-corrected chi connectivity index (χ3v) is 2.49. The minimum absolute atomic E-state index is 0.270. The Bertz CT molecular complexity index is 305. The van der Waals surface area contributed by atoms with E-state index in [-0.39, 0.29) is 6.04 Å². The molecule has 2 heterocycles. The fourth-order valence-electron chi connectivity index (χ4n) is 1.83. The molecule has 13 heavy (non-hydrogen) atoms. The van der Waals surface area contributed by atoms with Gasteiger partial charge in [0, 0.05) is 32.2 Å². The standard InChI is InChI=1S/C9H16N4/c1-7-5-9-12(2)6-8(10)3-4-13(9)11-7/h5,8H,3-4,6,10H2,1-2H3/t8-/m1/s1. The van der Waals surface area contributed by atoms with Crippen LogP contribution in [0.15, 0.2) is 6.07 Å². The van der Waals surface area contributed by atoms with E-state index in [1.54, 1.807) is 0 Å². The highest BCUT2D eigenvalue weighted by Crippen LogP contribution is 2.18. The van der Waals surface area contributed by atoms with Crippen molar-refractivity contribution in [1.29, 1.82) is 0 Å². The van der Waals surface area contributed by atoms with Gasteiger partial charge in [0.05, 0.1) is 5.69 Å². The van der Waals surface area contributed by atoms with Crippen molar-refractivity contribution in [2.75, 3.05) is 18.5 Å². The van der Waals surface area contributed by atoms with E-state index in [1.165, 1.54) is 5.82 Å². The van der Waals surface area contributed by atoms with Gasteiger partial charge in [-0.15, -0.1) is 0 Å². The Kier molecular flexibility index (Phi) is 2.00. The third kappa shape index (κ3) is 1.54. The summed E-state index contributed by atoms with van der Waals surface area (Å²) < 4.78 is 2.04. The minimum Gasteiger partial charge on any atom is -0.358 e. The Morgan fingerprint density at radius 1 is 1.62 bits per heavy atom. The van der Waals surface area contributed by atoms with Crippen molar-refractivity contribution < 1.29 is 0 Å². The van der Waals surface area contributed by atoms with Crippen LogP contribution < -0.4 is 10.6 Å². The lowest BCUT2D eigenvalue weighted by atomic mass is 10.2. The Hall–Kier alpha value is -1.03. The van der Waals surface area contributed by atoms with Gasteiger partial charge in [-0.25, -0.2) is 4.68 Å². The first-order valence-electron chi connectivity index (χ1n) is 4.68. The number of aryl methyl sites for hydroxylation is 2. The van der Waals surface area contributed by atoms with Gasteiger partial charge in [0.1, 0.15) is 5.82 Å². The van der Waals surface area contributed by atoms with Crippen molar-refractivity contribution in [2.45, 2.75) is 25.9 Å². The quantitative estimate of drug-likeness (QED) is 0.627. The van der Waals surface area contributed by atoms with Gasteiger partial charge in [0.15, 0.2) is 0 Å². The molecule has 0 amide bonds. The first kappa shape index (κ1) is 8.56. The van der Waals surface area contributed by atoms with Crippen LogP contribution >= 0.6 is 0 Å². The molecule has 0 aliphatic carbocycles. The third-order valence-electron chi connectivity index (χ3n) is 2.49. The smallest absolute Gasteiger partial charge is 0.126 e. The molecule has 1 atom stereocenters.